The molecule has 0 amide bonds. The average Bonchev–Trinajstić information content (AvgIpc) is 2.36. The van der Waals surface area contributed by atoms with Crippen molar-refractivity contribution in [1.29, 1.82) is 0 Å². The Morgan fingerprint density at radius 1 is 1.31 bits per heavy atom. The summed E-state index contributed by atoms with van der Waals surface area (Å²) in [5.41, 5.74) is 2.89. The number of nitrogens with zero attached hydrogens (tertiary/aromatic N) is 1. The molecular formula is C14H24N2. The van der Waals surface area contributed by atoms with Crippen molar-refractivity contribution >= 4 is 5.69 Å². The van der Waals surface area contributed by atoms with Crippen molar-refractivity contribution in [2.45, 2.75) is 32.7 Å². The second-order valence-corrected chi connectivity index (χ2v) is 3.99. The smallest absolute Gasteiger partial charge is 0.0414 e. The molecule has 2 heteroatoms. The van der Waals surface area contributed by atoms with Crippen LogP contribution in [0.2, 0.25) is 0 Å². The minimum absolute atomic E-state index is 0.648. The fourth-order valence-electron chi connectivity index (χ4n) is 2.25. The van der Waals surface area contributed by atoms with Crippen LogP contribution in [0.15, 0.2) is 24.3 Å². The van der Waals surface area contributed by atoms with Gasteiger partial charge in [0.2, 0.25) is 0 Å². The van der Waals surface area contributed by atoms with Crippen LogP contribution in [0.25, 0.3) is 0 Å². The number of hydrogen-bond acceptors (Lipinski definition) is 2. The maximum absolute atomic E-state index is 3.26. The molecule has 0 fully saturated rings. The van der Waals surface area contributed by atoms with Gasteiger partial charge < -0.3 is 10.2 Å². The van der Waals surface area contributed by atoms with Crippen LogP contribution in [0.5, 0.6) is 0 Å². The highest BCUT2D eigenvalue weighted by Crippen LogP contribution is 2.28. The highest BCUT2D eigenvalue weighted by molar-refractivity contribution is 5.55. The highest BCUT2D eigenvalue weighted by atomic mass is 15.2. The molecule has 0 spiro atoms. The monoisotopic (exact) mass is 220 g/mol. The second kappa shape index (κ2) is 6.54. The van der Waals surface area contributed by atoms with Crippen molar-refractivity contribution in [3.8, 4) is 0 Å². The summed E-state index contributed by atoms with van der Waals surface area (Å²) in [5.74, 6) is 0. The molecule has 1 N–H and O–H groups in total. The topological polar surface area (TPSA) is 15.3 Å². The summed E-state index contributed by atoms with van der Waals surface area (Å²) in [6, 6.07) is 9.36. The molecule has 1 heterocycles. The van der Waals surface area contributed by atoms with E-state index in [0.29, 0.717) is 6.04 Å². The van der Waals surface area contributed by atoms with Crippen LogP contribution in [0.4, 0.5) is 5.69 Å². The summed E-state index contributed by atoms with van der Waals surface area (Å²) < 4.78 is 0. The van der Waals surface area contributed by atoms with E-state index >= 15 is 0 Å². The molecular weight excluding hydrogens is 196 g/mol. The van der Waals surface area contributed by atoms with E-state index in [1.54, 1.807) is 0 Å². The summed E-state index contributed by atoms with van der Waals surface area (Å²) in [6.07, 6.45) is 2.47. The van der Waals surface area contributed by atoms with Gasteiger partial charge in [-0.2, -0.15) is 0 Å². The molecule has 1 aromatic rings. The highest BCUT2D eigenvalue weighted by Gasteiger charge is 2.21. The molecule has 1 aliphatic heterocycles. The van der Waals surface area contributed by atoms with Crippen molar-refractivity contribution in [3.63, 3.8) is 0 Å². The Morgan fingerprint density at radius 3 is 2.69 bits per heavy atom. The Balaban J connectivity index is 0.000000606. The molecule has 0 bridgehead atoms. The van der Waals surface area contributed by atoms with Crippen molar-refractivity contribution in [1.82, 2.24) is 5.32 Å². The minimum Gasteiger partial charge on any atom is -0.370 e. The molecule has 0 radical (unpaired) electrons. The first kappa shape index (κ1) is 13.0. The number of rotatable bonds is 2. The summed E-state index contributed by atoms with van der Waals surface area (Å²) in [5, 5.41) is 3.26. The molecule has 0 saturated heterocycles. The quantitative estimate of drug-likeness (QED) is 0.824. The number of hydrogen-bond donors (Lipinski definition) is 1. The number of anilines is 1. The van der Waals surface area contributed by atoms with Crippen LogP contribution in [0, 0.1) is 0 Å². The Kier molecular flexibility index (Phi) is 5.33. The van der Waals surface area contributed by atoms with Crippen molar-refractivity contribution < 1.29 is 0 Å². The number of fused-ring (bicyclic) bond motifs is 1. The second-order valence-electron chi connectivity index (χ2n) is 3.99. The molecule has 2 rings (SSSR count). The van der Waals surface area contributed by atoms with E-state index < -0.39 is 0 Å². The summed E-state index contributed by atoms with van der Waals surface area (Å²) >= 11 is 0. The predicted molar refractivity (Wildman–Crippen MR) is 72.2 cm³/mol. The zero-order chi connectivity index (χ0) is 12.0. The van der Waals surface area contributed by atoms with Gasteiger partial charge in [0, 0.05) is 25.3 Å². The van der Waals surface area contributed by atoms with Gasteiger partial charge in [0.25, 0.3) is 0 Å². The van der Waals surface area contributed by atoms with E-state index in [4.69, 9.17) is 0 Å². The fourth-order valence-corrected chi connectivity index (χ4v) is 2.25. The van der Waals surface area contributed by atoms with E-state index in [0.717, 1.165) is 6.54 Å². The summed E-state index contributed by atoms with van der Waals surface area (Å²) in [4.78, 5) is 2.40. The molecule has 0 aliphatic carbocycles. The number of aryl methyl sites for hydroxylation is 1. The predicted octanol–water partition coefficient (Wildman–Crippen LogP) is 2.68. The van der Waals surface area contributed by atoms with Crippen molar-refractivity contribution in [3.05, 3.63) is 29.8 Å². The maximum atomic E-state index is 3.26. The SMILES string of the molecule is CC.CNCC1CCc2ccccc2N1C. The Hall–Kier alpha value is -1.02. The van der Waals surface area contributed by atoms with Crippen molar-refractivity contribution in [2.75, 3.05) is 25.5 Å². The summed E-state index contributed by atoms with van der Waals surface area (Å²) in [7, 11) is 4.22. The first-order chi connectivity index (χ1) is 7.83. The van der Waals surface area contributed by atoms with E-state index in [1.165, 1.54) is 24.1 Å². The number of para-hydroxylation sites is 1. The van der Waals surface area contributed by atoms with Gasteiger partial charge in [0.05, 0.1) is 0 Å². The zero-order valence-corrected chi connectivity index (χ0v) is 11.0. The van der Waals surface area contributed by atoms with Gasteiger partial charge in [0.15, 0.2) is 0 Å². The Bertz CT molecular complexity index is 309. The third kappa shape index (κ3) is 2.76. The van der Waals surface area contributed by atoms with Gasteiger partial charge >= 0.3 is 0 Å². The van der Waals surface area contributed by atoms with Crippen LogP contribution in [-0.2, 0) is 6.42 Å². The standard InChI is InChI=1S/C12H18N2.C2H6/c1-13-9-11-8-7-10-5-3-4-6-12(10)14(11)2;1-2/h3-6,11,13H,7-9H2,1-2H3;1-2H3. The van der Waals surface area contributed by atoms with Gasteiger partial charge in [-0.15, -0.1) is 0 Å². The number of likely N-dealkylation sites (N-methyl/N-ethyl adjacent to an activating group) is 2. The molecule has 1 aromatic carbocycles. The normalized spacial score (nSPS) is 18.5. The molecule has 1 aliphatic rings. The minimum atomic E-state index is 0.648. The lowest BCUT2D eigenvalue weighted by Crippen LogP contribution is -2.42. The van der Waals surface area contributed by atoms with E-state index in [-0.39, 0.29) is 0 Å². The van der Waals surface area contributed by atoms with E-state index in [1.807, 2.05) is 20.9 Å². The van der Waals surface area contributed by atoms with Gasteiger partial charge in [-0.05, 0) is 31.5 Å². The van der Waals surface area contributed by atoms with E-state index in [9.17, 15) is 0 Å². The van der Waals surface area contributed by atoms with Gasteiger partial charge in [-0.1, -0.05) is 32.0 Å². The lowest BCUT2D eigenvalue weighted by Gasteiger charge is -2.36. The zero-order valence-electron chi connectivity index (χ0n) is 11.0. The molecule has 90 valence electrons. The average molecular weight is 220 g/mol. The lowest BCUT2D eigenvalue weighted by molar-refractivity contribution is 0.530. The lowest BCUT2D eigenvalue weighted by atomic mass is 9.96. The van der Waals surface area contributed by atoms with Crippen molar-refractivity contribution in [2.24, 2.45) is 0 Å². The molecule has 16 heavy (non-hydrogen) atoms. The van der Waals surface area contributed by atoms with Crippen LogP contribution in [0.3, 0.4) is 0 Å². The van der Waals surface area contributed by atoms with Gasteiger partial charge in [0.1, 0.15) is 0 Å². The van der Waals surface area contributed by atoms with Gasteiger partial charge in [-0.25, -0.2) is 0 Å². The third-order valence-electron chi connectivity index (χ3n) is 3.11. The molecule has 1 atom stereocenters. The first-order valence-corrected chi connectivity index (χ1v) is 6.28. The Morgan fingerprint density at radius 2 is 2.00 bits per heavy atom. The largest absolute Gasteiger partial charge is 0.370 e. The molecule has 0 saturated carbocycles. The molecule has 1 unspecified atom stereocenters. The Labute approximate surface area is 99.7 Å². The number of benzene rings is 1. The third-order valence-corrected chi connectivity index (χ3v) is 3.11. The molecule has 0 aromatic heterocycles. The van der Waals surface area contributed by atoms with E-state index in [2.05, 4.69) is 41.5 Å². The van der Waals surface area contributed by atoms with Crippen LogP contribution >= 0.6 is 0 Å². The van der Waals surface area contributed by atoms with Crippen LogP contribution < -0.4 is 10.2 Å². The fraction of sp³-hybridized carbons (Fsp3) is 0.571. The molecule has 2 nitrogen and oxygen atoms in total. The van der Waals surface area contributed by atoms with Crippen LogP contribution in [-0.4, -0.2) is 26.7 Å². The van der Waals surface area contributed by atoms with Crippen LogP contribution in [0.1, 0.15) is 25.8 Å². The van der Waals surface area contributed by atoms with Gasteiger partial charge in [-0.3, -0.25) is 0 Å². The first-order valence-electron chi connectivity index (χ1n) is 6.28. The number of nitrogens with one attached hydrogen (secondary N) is 1. The maximum Gasteiger partial charge on any atom is 0.0414 e. The summed E-state index contributed by atoms with van der Waals surface area (Å²) in [6.45, 7) is 5.07.